The van der Waals surface area contributed by atoms with Crippen molar-refractivity contribution in [3.63, 3.8) is 0 Å². The molecule has 1 aliphatic rings. The number of hydrogen-bond donors (Lipinski definition) is 0. The van der Waals surface area contributed by atoms with Gasteiger partial charge < -0.3 is 4.74 Å². The minimum absolute atomic E-state index is 0.196. The molecule has 0 aromatic carbocycles. The second kappa shape index (κ2) is 6.77. The highest BCUT2D eigenvalue weighted by atomic mass is 127. The van der Waals surface area contributed by atoms with Gasteiger partial charge in [0.1, 0.15) is 0 Å². The molecule has 0 saturated heterocycles. The fraction of sp³-hybridized carbons (Fsp3) is 1.00. The third-order valence-electron chi connectivity index (χ3n) is 3.92. The summed E-state index contributed by atoms with van der Waals surface area (Å²) in [5.41, 5.74) is -0.308. The van der Waals surface area contributed by atoms with E-state index in [4.69, 9.17) is 4.74 Å². The number of rotatable bonds is 5. The highest BCUT2D eigenvalue weighted by Gasteiger charge is 2.37. The molecule has 5 heteroatoms. The van der Waals surface area contributed by atoms with Gasteiger partial charge >= 0.3 is 6.18 Å². The average Bonchev–Trinajstić information content (AvgIpc) is 2.28. The topological polar surface area (TPSA) is 9.23 Å². The Kier molecular flexibility index (Phi) is 6.22. The van der Waals surface area contributed by atoms with Crippen LogP contribution in [0.25, 0.3) is 0 Å². The lowest BCUT2D eigenvalue weighted by Crippen LogP contribution is -2.40. The van der Waals surface area contributed by atoms with E-state index < -0.39 is 12.6 Å². The molecule has 0 amide bonds. The van der Waals surface area contributed by atoms with Gasteiger partial charge in [0.25, 0.3) is 0 Å². The summed E-state index contributed by atoms with van der Waals surface area (Å²) in [5.74, 6) is 1.36. The molecule has 0 aromatic rings. The standard InChI is InChI=1S/C13H22F3IO/c1-10(2)11-3-5-12(9-17,6-4-11)18-8-7-13(14,15)16/h10-11H,3-9H2,1-2H3. The fourth-order valence-corrected chi connectivity index (χ4v) is 3.52. The van der Waals surface area contributed by atoms with Gasteiger partial charge in [-0.05, 0) is 37.5 Å². The van der Waals surface area contributed by atoms with Crippen LogP contribution in [0.15, 0.2) is 0 Å². The monoisotopic (exact) mass is 378 g/mol. The van der Waals surface area contributed by atoms with E-state index >= 15 is 0 Å². The maximum atomic E-state index is 12.1. The lowest BCUT2D eigenvalue weighted by Gasteiger charge is -2.40. The van der Waals surface area contributed by atoms with Crippen LogP contribution in [0.5, 0.6) is 0 Å². The predicted octanol–water partition coefficient (Wildman–Crippen LogP) is 4.98. The van der Waals surface area contributed by atoms with Gasteiger partial charge in [-0.1, -0.05) is 36.4 Å². The third-order valence-corrected chi connectivity index (χ3v) is 5.31. The van der Waals surface area contributed by atoms with Crippen molar-refractivity contribution in [3.05, 3.63) is 0 Å². The molecule has 1 saturated carbocycles. The van der Waals surface area contributed by atoms with Gasteiger partial charge in [-0.15, -0.1) is 0 Å². The maximum absolute atomic E-state index is 12.1. The smallest absolute Gasteiger partial charge is 0.374 e. The SMILES string of the molecule is CC(C)C1CCC(CI)(OCCC(F)(F)F)CC1. The second-order valence-corrected chi connectivity index (χ2v) is 6.37. The number of halogens is 4. The summed E-state index contributed by atoms with van der Waals surface area (Å²) in [7, 11) is 0. The summed E-state index contributed by atoms with van der Waals surface area (Å²) in [6.45, 7) is 4.23. The van der Waals surface area contributed by atoms with Crippen LogP contribution >= 0.6 is 22.6 Å². The average molecular weight is 378 g/mol. The van der Waals surface area contributed by atoms with E-state index in [1.54, 1.807) is 0 Å². The van der Waals surface area contributed by atoms with E-state index in [1.165, 1.54) is 0 Å². The Bertz CT molecular complexity index is 245. The first kappa shape index (κ1) is 16.5. The van der Waals surface area contributed by atoms with Crippen molar-refractivity contribution in [1.29, 1.82) is 0 Å². The predicted molar refractivity (Wildman–Crippen MR) is 75.0 cm³/mol. The summed E-state index contributed by atoms with van der Waals surface area (Å²) in [6, 6.07) is 0. The molecule has 1 fully saturated rings. The molecule has 108 valence electrons. The number of ether oxygens (including phenoxy) is 1. The zero-order valence-electron chi connectivity index (χ0n) is 11.0. The molecule has 0 atom stereocenters. The molecule has 0 N–H and O–H groups in total. The lowest BCUT2D eigenvalue weighted by atomic mass is 9.75. The molecule has 0 bridgehead atoms. The van der Waals surface area contributed by atoms with Crippen molar-refractivity contribution in [2.75, 3.05) is 11.0 Å². The summed E-state index contributed by atoms with van der Waals surface area (Å²) in [4.78, 5) is 0. The van der Waals surface area contributed by atoms with E-state index in [2.05, 4.69) is 36.4 Å². The fourth-order valence-electron chi connectivity index (χ4n) is 2.53. The van der Waals surface area contributed by atoms with Crippen molar-refractivity contribution in [1.82, 2.24) is 0 Å². The number of alkyl halides is 4. The molecular weight excluding hydrogens is 356 g/mol. The molecule has 18 heavy (non-hydrogen) atoms. The van der Waals surface area contributed by atoms with Crippen LogP contribution in [0.4, 0.5) is 13.2 Å². The zero-order valence-corrected chi connectivity index (χ0v) is 13.2. The quantitative estimate of drug-likeness (QED) is 0.485. The zero-order chi connectivity index (χ0) is 13.8. The van der Waals surface area contributed by atoms with Crippen LogP contribution in [0.3, 0.4) is 0 Å². The van der Waals surface area contributed by atoms with Gasteiger partial charge in [0.15, 0.2) is 0 Å². The maximum Gasteiger partial charge on any atom is 0.391 e. The van der Waals surface area contributed by atoms with E-state index in [0.29, 0.717) is 11.8 Å². The van der Waals surface area contributed by atoms with Gasteiger partial charge in [-0.2, -0.15) is 13.2 Å². The first-order chi connectivity index (χ1) is 8.28. The normalized spacial score (nSPS) is 29.8. The Morgan fingerprint density at radius 2 is 1.83 bits per heavy atom. The first-order valence-electron chi connectivity index (χ1n) is 6.55. The minimum atomic E-state index is -4.11. The Labute approximate surface area is 121 Å². The van der Waals surface area contributed by atoms with Gasteiger partial charge in [0.05, 0.1) is 18.6 Å². The van der Waals surface area contributed by atoms with Gasteiger partial charge in [-0.3, -0.25) is 0 Å². The Hall–Kier alpha value is 0.480. The highest BCUT2D eigenvalue weighted by molar-refractivity contribution is 14.1. The van der Waals surface area contributed by atoms with Crippen molar-refractivity contribution in [2.45, 2.75) is 57.7 Å². The van der Waals surface area contributed by atoms with Gasteiger partial charge in [0, 0.05) is 4.43 Å². The molecule has 0 spiro atoms. The summed E-state index contributed by atoms with van der Waals surface area (Å²) in [6.07, 6.45) is -0.993. The van der Waals surface area contributed by atoms with Crippen LogP contribution in [-0.4, -0.2) is 22.8 Å². The molecule has 0 aliphatic heterocycles. The molecule has 0 aromatic heterocycles. The van der Waals surface area contributed by atoms with Crippen LogP contribution in [-0.2, 0) is 4.74 Å². The van der Waals surface area contributed by atoms with E-state index in [0.717, 1.165) is 30.1 Å². The number of hydrogen-bond acceptors (Lipinski definition) is 1. The molecule has 0 radical (unpaired) electrons. The van der Waals surface area contributed by atoms with Crippen molar-refractivity contribution in [3.8, 4) is 0 Å². The molecule has 0 unspecified atom stereocenters. The molecule has 0 heterocycles. The minimum Gasteiger partial charge on any atom is -0.374 e. The van der Waals surface area contributed by atoms with Crippen LogP contribution in [0, 0.1) is 11.8 Å². The Morgan fingerprint density at radius 3 is 2.22 bits per heavy atom. The summed E-state index contributed by atoms with van der Waals surface area (Å²) >= 11 is 2.24. The molecule has 1 nitrogen and oxygen atoms in total. The van der Waals surface area contributed by atoms with E-state index in [9.17, 15) is 13.2 Å². The second-order valence-electron chi connectivity index (χ2n) is 5.61. The lowest BCUT2D eigenvalue weighted by molar-refractivity contribution is -0.160. The Balaban J connectivity index is 2.41. The van der Waals surface area contributed by atoms with Crippen LogP contribution in [0.1, 0.15) is 46.0 Å². The van der Waals surface area contributed by atoms with E-state index in [-0.39, 0.29) is 12.2 Å². The molecule has 1 rings (SSSR count). The van der Waals surface area contributed by atoms with Crippen LogP contribution in [0.2, 0.25) is 0 Å². The largest absolute Gasteiger partial charge is 0.391 e. The van der Waals surface area contributed by atoms with Crippen molar-refractivity contribution >= 4 is 22.6 Å². The molecular formula is C13H22F3IO. The Morgan fingerprint density at radius 1 is 1.28 bits per heavy atom. The first-order valence-corrected chi connectivity index (χ1v) is 8.07. The van der Waals surface area contributed by atoms with Crippen LogP contribution < -0.4 is 0 Å². The van der Waals surface area contributed by atoms with Gasteiger partial charge in [0.2, 0.25) is 0 Å². The van der Waals surface area contributed by atoms with Crippen molar-refractivity contribution < 1.29 is 17.9 Å². The highest BCUT2D eigenvalue weighted by Crippen LogP contribution is 2.39. The van der Waals surface area contributed by atoms with Gasteiger partial charge in [-0.25, -0.2) is 0 Å². The summed E-state index contributed by atoms with van der Waals surface area (Å²) in [5, 5.41) is 0. The molecule has 1 aliphatic carbocycles. The van der Waals surface area contributed by atoms with E-state index in [1.807, 2.05) is 0 Å². The third kappa shape index (κ3) is 5.23. The summed E-state index contributed by atoms with van der Waals surface area (Å²) < 4.78 is 42.8. The van der Waals surface area contributed by atoms with Crippen molar-refractivity contribution in [2.24, 2.45) is 11.8 Å².